The van der Waals surface area contributed by atoms with Crippen LogP contribution in [0.3, 0.4) is 0 Å². The van der Waals surface area contributed by atoms with Crippen LogP contribution in [0.5, 0.6) is 0 Å². The Labute approximate surface area is 186 Å². The van der Waals surface area contributed by atoms with Crippen molar-refractivity contribution in [2.75, 3.05) is 37.6 Å². The number of carbonyl (C=O) groups excluding carboxylic acids is 3. The highest BCUT2D eigenvalue weighted by atomic mass is 19.4. The van der Waals surface area contributed by atoms with Gasteiger partial charge in [-0.2, -0.15) is 13.2 Å². The van der Waals surface area contributed by atoms with Crippen molar-refractivity contribution in [3.05, 3.63) is 33.9 Å². The van der Waals surface area contributed by atoms with Gasteiger partial charge in [0.2, 0.25) is 5.91 Å². The second-order valence-electron chi connectivity index (χ2n) is 8.62. The lowest BCUT2D eigenvalue weighted by atomic mass is 9.96. The van der Waals surface area contributed by atoms with Gasteiger partial charge in [0.05, 0.1) is 10.5 Å². The number of benzene rings is 1. The first kappa shape index (κ1) is 22.8. The van der Waals surface area contributed by atoms with E-state index in [2.05, 4.69) is 5.32 Å². The third-order valence-corrected chi connectivity index (χ3v) is 6.46. The van der Waals surface area contributed by atoms with E-state index in [-0.39, 0.29) is 37.8 Å². The molecule has 10 nitrogen and oxygen atoms in total. The van der Waals surface area contributed by atoms with Crippen LogP contribution in [0.15, 0.2) is 18.2 Å². The zero-order valence-electron chi connectivity index (χ0n) is 17.7. The van der Waals surface area contributed by atoms with Crippen LogP contribution in [0.4, 0.5) is 29.3 Å². The van der Waals surface area contributed by atoms with Crippen LogP contribution in [0.1, 0.15) is 25.3 Å². The van der Waals surface area contributed by atoms with Crippen LogP contribution in [-0.2, 0) is 15.8 Å². The Morgan fingerprint density at radius 1 is 1.21 bits per heavy atom. The maximum Gasteiger partial charge on any atom is 0.416 e. The van der Waals surface area contributed by atoms with E-state index < -0.39 is 52.3 Å². The van der Waals surface area contributed by atoms with E-state index in [1.54, 1.807) is 11.8 Å². The van der Waals surface area contributed by atoms with Gasteiger partial charge >= 0.3 is 12.2 Å². The number of halogens is 3. The number of piperazine rings is 1. The van der Waals surface area contributed by atoms with E-state index in [0.29, 0.717) is 6.07 Å². The molecule has 2 aliphatic heterocycles. The molecule has 13 heteroatoms. The highest BCUT2D eigenvalue weighted by molar-refractivity contribution is 6.09. The molecule has 33 heavy (non-hydrogen) atoms. The molecular formula is C20H22F3N5O5. The molecule has 3 aliphatic rings. The van der Waals surface area contributed by atoms with E-state index in [1.165, 1.54) is 4.90 Å². The number of carbonyl (C=O) groups is 3. The summed E-state index contributed by atoms with van der Waals surface area (Å²) in [5.74, 6) is -0.806. The van der Waals surface area contributed by atoms with Crippen LogP contribution in [-0.4, -0.2) is 70.8 Å². The van der Waals surface area contributed by atoms with Gasteiger partial charge in [0, 0.05) is 32.2 Å². The van der Waals surface area contributed by atoms with Gasteiger partial charge in [-0.25, -0.2) is 4.79 Å². The van der Waals surface area contributed by atoms with Gasteiger partial charge in [-0.1, -0.05) is 0 Å². The van der Waals surface area contributed by atoms with Crippen LogP contribution in [0, 0.1) is 16.0 Å². The third-order valence-electron chi connectivity index (χ3n) is 6.46. The van der Waals surface area contributed by atoms with E-state index >= 15 is 0 Å². The first-order valence-corrected chi connectivity index (χ1v) is 10.4. The minimum absolute atomic E-state index is 0.0365. The molecule has 0 unspecified atom stereocenters. The van der Waals surface area contributed by atoms with Crippen molar-refractivity contribution >= 4 is 29.2 Å². The number of urea groups is 1. The summed E-state index contributed by atoms with van der Waals surface area (Å²) in [7, 11) is 0. The molecule has 2 saturated heterocycles. The van der Waals surface area contributed by atoms with E-state index in [1.807, 2.05) is 0 Å². The largest absolute Gasteiger partial charge is 0.416 e. The first-order valence-electron chi connectivity index (χ1n) is 10.4. The Morgan fingerprint density at radius 3 is 2.39 bits per heavy atom. The molecule has 0 radical (unpaired) electrons. The summed E-state index contributed by atoms with van der Waals surface area (Å²) in [5.41, 5.74) is -2.73. The molecule has 1 atom stereocenters. The van der Waals surface area contributed by atoms with Crippen molar-refractivity contribution in [3.8, 4) is 0 Å². The van der Waals surface area contributed by atoms with Crippen molar-refractivity contribution in [1.29, 1.82) is 0 Å². The van der Waals surface area contributed by atoms with Gasteiger partial charge in [-0.15, -0.1) is 0 Å². The molecule has 0 spiro atoms. The van der Waals surface area contributed by atoms with Gasteiger partial charge in [-0.3, -0.25) is 24.6 Å². The number of hydrogen-bond donors (Lipinski definition) is 1. The molecule has 4 rings (SSSR count). The van der Waals surface area contributed by atoms with Gasteiger partial charge in [0.25, 0.3) is 11.6 Å². The number of rotatable bonds is 5. The smallest absolute Gasteiger partial charge is 0.362 e. The van der Waals surface area contributed by atoms with E-state index in [0.717, 1.165) is 29.9 Å². The second kappa shape index (κ2) is 7.89. The maximum atomic E-state index is 12.9. The number of anilines is 1. The minimum atomic E-state index is -4.71. The zero-order chi connectivity index (χ0) is 24.1. The lowest BCUT2D eigenvalue weighted by Crippen LogP contribution is -2.52. The van der Waals surface area contributed by atoms with Crippen molar-refractivity contribution in [2.24, 2.45) is 5.92 Å². The summed E-state index contributed by atoms with van der Waals surface area (Å²) in [6.07, 6.45) is -3.03. The second-order valence-corrected chi connectivity index (χ2v) is 8.62. The molecule has 1 N–H and O–H groups in total. The van der Waals surface area contributed by atoms with Gasteiger partial charge < -0.3 is 15.1 Å². The average molecular weight is 469 g/mol. The molecule has 178 valence electrons. The molecule has 2 heterocycles. The Morgan fingerprint density at radius 2 is 1.85 bits per heavy atom. The zero-order valence-corrected chi connectivity index (χ0v) is 17.7. The van der Waals surface area contributed by atoms with E-state index in [4.69, 9.17) is 0 Å². The monoisotopic (exact) mass is 469 g/mol. The molecule has 0 bridgehead atoms. The molecule has 0 aromatic heterocycles. The normalized spacial score (nSPS) is 23.7. The quantitative estimate of drug-likeness (QED) is 0.401. The number of nitro groups is 1. The van der Waals surface area contributed by atoms with Crippen molar-refractivity contribution in [3.63, 3.8) is 0 Å². The number of nitro benzene ring substituents is 1. The van der Waals surface area contributed by atoms with Crippen molar-refractivity contribution < 1.29 is 32.5 Å². The summed E-state index contributed by atoms with van der Waals surface area (Å²) < 4.78 is 38.8. The lowest BCUT2D eigenvalue weighted by Gasteiger charge is -2.36. The fourth-order valence-electron chi connectivity index (χ4n) is 4.34. The number of alkyl halides is 3. The lowest BCUT2D eigenvalue weighted by molar-refractivity contribution is -0.384. The standard InChI is InChI=1S/C20H22F3N5O5/c1-19(12-2-3-12)17(30)27(18(31)24-19)11-16(29)26-8-6-25(7-9-26)14-5-4-13(20(21,22)23)10-15(14)28(32)33/h4-5,10,12H,2-3,6-9,11H2,1H3,(H,24,31)/t19-/m0/s1. The fourth-order valence-corrected chi connectivity index (χ4v) is 4.34. The third kappa shape index (κ3) is 4.18. The molecule has 1 aromatic carbocycles. The van der Waals surface area contributed by atoms with Gasteiger partial charge in [0.15, 0.2) is 0 Å². The van der Waals surface area contributed by atoms with Crippen LogP contribution in [0.2, 0.25) is 0 Å². The van der Waals surface area contributed by atoms with Crippen LogP contribution >= 0.6 is 0 Å². The maximum absolute atomic E-state index is 12.9. The molecule has 1 saturated carbocycles. The summed E-state index contributed by atoms with van der Waals surface area (Å²) >= 11 is 0. The number of nitrogens with zero attached hydrogens (tertiary/aromatic N) is 4. The van der Waals surface area contributed by atoms with Crippen molar-refractivity contribution in [1.82, 2.24) is 15.1 Å². The summed E-state index contributed by atoms with van der Waals surface area (Å²) in [4.78, 5) is 52.0. The Hall–Kier alpha value is -3.38. The first-order chi connectivity index (χ1) is 15.4. The van der Waals surface area contributed by atoms with Crippen LogP contribution in [0.25, 0.3) is 0 Å². The predicted molar refractivity (Wildman–Crippen MR) is 108 cm³/mol. The van der Waals surface area contributed by atoms with Crippen molar-refractivity contribution in [2.45, 2.75) is 31.5 Å². The molecule has 1 aliphatic carbocycles. The highest BCUT2D eigenvalue weighted by Gasteiger charge is 2.56. The minimum Gasteiger partial charge on any atom is -0.362 e. The molecule has 1 aromatic rings. The topological polar surface area (TPSA) is 116 Å². The number of nitrogens with one attached hydrogen (secondary N) is 1. The molecule has 3 fully saturated rings. The SMILES string of the molecule is C[C@@]1(C2CC2)NC(=O)N(CC(=O)N2CCN(c3ccc(C(F)(F)F)cc3[N+](=O)[O-])CC2)C1=O. The highest BCUT2D eigenvalue weighted by Crippen LogP contribution is 2.42. The summed E-state index contributed by atoms with van der Waals surface area (Å²) in [5, 5.41) is 14.0. The summed E-state index contributed by atoms with van der Waals surface area (Å²) in [6.45, 7) is 1.83. The molecular weight excluding hydrogens is 447 g/mol. The van der Waals surface area contributed by atoms with E-state index in [9.17, 15) is 37.7 Å². The molecule has 4 amide bonds. The average Bonchev–Trinajstić information content (AvgIpc) is 3.58. The number of amides is 4. The number of hydrogen-bond acceptors (Lipinski definition) is 6. The summed E-state index contributed by atoms with van der Waals surface area (Å²) in [6, 6.07) is 1.74. The Bertz CT molecular complexity index is 1020. The Kier molecular flexibility index (Phi) is 5.45. The fraction of sp³-hybridized carbons (Fsp3) is 0.550. The van der Waals surface area contributed by atoms with Gasteiger partial charge in [-0.05, 0) is 37.8 Å². The Balaban J connectivity index is 1.40. The predicted octanol–water partition coefficient (Wildman–Crippen LogP) is 1.98. The van der Waals surface area contributed by atoms with Gasteiger partial charge in [0.1, 0.15) is 17.8 Å². The number of imide groups is 1. The van der Waals surface area contributed by atoms with Crippen LogP contribution < -0.4 is 10.2 Å².